The van der Waals surface area contributed by atoms with E-state index in [0.29, 0.717) is 24.3 Å². The third-order valence-electron chi connectivity index (χ3n) is 5.14. The van der Waals surface area contributed by atoms with Crippen LogP contribution >= 0.6 is 0 Å². The number of anilines is 1. The Bertz CT molecular complexity index is 1050. The van der Waals surface area contributed by atoms with Gasteiger partial charge in [0.25, 0.3) is 0 Å². The monoisotopic (exact) mass is 377 g/mol. The summed E-state index contributed by atoms with van der Waals surface area (Å²) in [6.45, 7) is 3.19. The highest BCUT2D eigenvalue weighted by Gasteiger charge is 2.23. The number of benzene rings is 2. The summed E-state index contributed by atoms with van der Waals surface area (Å²) in [6, 6.07) is 12.9. The van der Waals surface area contributed by atoms with E-state index in [1.165, 1.54) is 16.5 Å². The topological polar surface area (TPSA) is 63.6 Å². The van der Waals surface area contributed by atoms with Crippen molar-refractivity contribution in [1.82, 2.24) is 9.47 Å². The van der Waals surface area contributed by atoms with Gasteiger partial charge in [-0.1, -0.05) is 24.3 Å². The van der Waals surface area contributed by atoms with Crippen molar-refractivity contribution in [3.63, 3.8) is 0 Å². The van der Waals surface area contributed by atoms with Crippen LogP contribution in [-0.2, 0) is 24.8 Å². The van der Waals surface area contributed by atoms with Gasteiger partial charge in [-0.2, -0.15) is 0 Å². The van der Waals surface area contributed by atoms with Gasteiger partial charge in [0, 0.05) is 37.2 Å². The van der Waals surface area contributed by atoms with Gasteiger partial charge in [-0.25, -0.2) is 9.59 Å². The van der Waals surface area contributed by atoms with Crippen molar-refractivity contribution in [3.05, 3.63) is 65.4 Å². The Balaban J connectivity index is 1.58. The predicted octanol–water partition coefficient (Wildman–Crippen LogP) is 3.95. The number of urea groups is 1. The van der Waals surface area contributed by atoms with Gasteiger partial charge >= 0.3 is 12.0 Å². The van der Waals surface area contributed by atoms with E-state index in [1.54, 1.807) is 36.1 Å². The van der Waals surface area contributed by atoms with Crippen LogP contribution in [0.4, 0.5) is 10.5 Å². The Morgan fingerprint density at radius 3 is 2.75 bits per heavy atom. The molecule has 3 aromatic rings. The number of hydrogen-bond donors (Lipinski definition) is 1. The number of ether oxygens (including phenoxy) is 1. The van der Waals surface area contributed by atoms with Crippen LogP contribution in [0.2, 0.25) is 0 Å². The van der Waals surface area contributed by atoms with Crippen LogP contribution in [-0.4, -0.2) is 34.6 Å². The fourth-order valence-corrected chi connectivity index (χ4v) is 3.83. The summed E-state index contributed by atoms with van der Waals surface area (Å²) in [4.78, 5) is 26.9. The van der Waals surface area contributed by atoms with E-state index >= 15 is 0 Å². The first kappa shape index (κ1) is 18.1. The number of aromatic nitrogens is 1. The molecule has 28 heavy (non-hydrogen) atoms. The van der Waals surface area contributed by atoms with Crippen LogP contribution in [0, 0.1) is 0 Å². The number of carbonyl (C=O) groups is 2. The van der Waals surface area contributed by atoms with Crippen LogP contribution in [0.3, 0.4) is 0 Å². The van der Waals surface area contributed by atoms with Crippen molar-refractivity contribution in [2.75, 3.05) is 18.5 Å². The van der Waals surface area contributed by atoms with E-state index in [0.717, 1.165) is 12.0 Å². The summed E-state index contributed by atoms with van der Waals surface area (Å²) in [5.41, 5.74) is 4.41. The quantitative estimate of drug-likeness (QED) is 0.703. The molecule has 144 valence electrons. The van der Waals surface area contributed by atoms with Gasteiger partial charge in [0.1, 0.15) is 0 Å². The molecule has 0 saturated heterocycles. The maximum absolute atomic E-state index is 13.0. The first-order valence-corrected chi connectivity index (χ1v) is 9.46. The largest absolute Gasteiger partial charge is 0.462 e. The van der Waals surface area contributed by atoms with E-state index < -0.39 is 5.97 Å². The van der Waals surface area contributed by atoms with E-state index in [4.69, 9.17) is 4.74 Å². The molecule has 6 heteroatoms. The van der Waals surface area contributed by atoms with Crippen LogP contribution < -0.4 is 5.32 Å². The Morgan fingerprint density at radius 2 is 1.93 bits per heavy atom. The Hall–Kier alpha value is -3.28. The molecule has 0 aliphatic carbocycles. The van der Waals surface area contributed by atoms with E-state index in [2.05, 4.69) is 28.2 Å². The summed E-state index contributed by atoms with van der Waals surface area (Å²) in [5.74, 6) is -0.438. The smallest absolute Gasteiger partial charge is 0.340 e. The molecule has 0 saturated carbocycles. The summed E-state index contributed by atoms with van der Waals surface area (Å²) < 4.78 is 7.23. The van der Waals surface area contributed by atoms with Crippen molar-refractivity contribution < 1.29 is 14.3 Å². The molecule has 1 aliphatic rings. The van der Waals surface area contributed by atoms with Crippen molar-refractivity contribution in [3.8, 4) is 0 Å². The first-order chi connectivity index (χ1) is 13.6. The number of amides is 2. The minimum atomic E-state index is -0.438. The van der Waals surface area contributed by atoms with Crippen molar-refractivity contribution in [1.29, 1.82) is 0 Å². The molecule has 1 aromatic heterocycles. The number of esters is 1. The molecule has 0 bridgehead atoms. The number of nitrogens with zero attached hydrogens (tertiary/aromatic N) is 2. The minimum absolute atomic E-state index is 0.219. The van der Waals surface area contributed by atoms with Crippen molar-refractivity contribution in [2.45, 2.75) is 19.9 Å². The standard InChI is InChI=1S/C22H23N3O3/c1-3-28-21(26)17-8-4-5-9-18(17)23-22(27)25-12-11-16-13-24(2)19-10-6-7-15(14-25)20(16)19/h4-10,13H,3,11-12,14H2,1-2H3,(H,23,27). The van der Waals surface area contributed by atoms with Crippen LogP contribution in [0.1, 0.15) is 28.4 Å². The second-order valence-electron chi connectivity index (χ2n) is 6.94. The summed E-state index contributed by atoms with van der Waals surface area (Å²) in [7, 11) is 2.05. The molecule has 2 aromatic carbocycles. The number of hydrogen-bond acceptors (Lipinski definition) is 3. The fraction of sp³-hybridized carbons (Fsp3) is 0.273. The lowest BCUT2D eigenvalue weighted by Gasteiger charge is -2.22. The Labute approximate surface area is 163 Å². The molecule has 1 aliphatic heterocycles. The number of rotatable bonds is 3. The van der Waals surface area contributed by atoms with Gasteiger partial charge in [0.2, 0.25) is 0 Å². The molecule has 0 atom stereocenters. The lowest BCUT2D eigenvalue weighted by molar-refractivity contribution is 0.0527. The van der Waals surface area contributed by atoms with Gasteiger partial charge in [-0.05, 0) is 42.7 Å². The fourth-order valence-electron chi connectivity index (χ4n) is 3.83. The first-order valence-electron chi connectivity index (χ1n) is 9.46. The average Bonchev–Trinajstić information content (AvgIpc) is 2.90. The second-order valence-corrected chi connectivity index (χ2v) is 6.94. The highest BCUT2D eigenvalue weighted by Crippen LogP contribution is 2.29. The lowest BCUT2D eigenvalue weighted by atomic mass is 10.1. The summed E-state index contributed by atoms with van der Waals surface area (Å²) >= 11 is 0. The van der Waals surface area contributed by atoms with Crippen LogP contribution in [0.25, 0.3) is 10.9 Å². The number of para-hydroxylation sites is 1. The second kappa shape index (κ2) is 7.38. The van der Waals surface area contributed by atoms with Crippen molar-refractivity contribution >= 4 is 28.6 Å². The van der Waals surface area contributed by atoms with E-state index in [9.17, 15) is 9.59 Å². The third-order valence-corrected chi connectivity index (χ3v) is 5.14. The van der Waals surface area contributed by atoms with Gasteiger partial charge in [0.15, 0.2) is 0 Å². The van der Waals surface area contributed by atoms with Gasteiger partial charge in [-0.15, -0.1) is 0 Å². The highest BCUT2D eigenvalue weighted by molar-refractivity contribution is 6.01. The number of carbonyl (C=O) groups excluding carboxylic acids is 2. The molecular weight excluding hydrogens is 354 g/mol. The summed E-state index contributed by atoms with van der Waals surface area (Å²) in [6.07, 6.45) is 2.94. The molecule has 2 amide bonds. The normalized spacial score (nSPS) is 13.3. The van der Waals surface area contributed by atoms with Crippen LogP contribution in [0.15, 0.2) is 48.7 Å². The maximum atomic E-state index is 13.0. The Morgan fingerprint density at radius 1 is 1.11 bits per heavy atom. The molecule has 1 N–H and O–H groups in total. The van der Waals surface area contributed by atoms with Crippen LogP contribution in [0.5, 0.6) is 0 Å². The zero-order chi connectivity index (χ0) is 19.7. The molecule has 0 unspecified atom stereocenters. The number of aryl methyl sites for hydroxylation is 1. The third kappa shape index (κ3) is 3.22. The molecule has 2 heterocycles. The molecular formula is C22H23N3O3. The zero-order valence-electron chi connectivity index (χ0n) is 16.1. The average molecular weight is 377 g/mol. The molecule has 0 spiro atoms. The van der Waals surface area contributed by atoms with Gasteiger partial charge < -0.3 is 19.5 Å². The summed E-state index contributed by atoms with van der Waals surface area (Å²) in [5, 5.41) is 4.13. The highest BCUT2D eigenvalue weighted by atomic mass is 16.5. The number of nitrogens with one attached hydrogen (secondary N) is 1. The zero-order valence-corrected chi connectivity index (χ0v) is 16.1. The van der Waals surface area contributed by atoms with Gasteiger partial charge in [-0.3, -0.25) is 0 Å². The SMILES string of the molecule is CCOC(=O)c1ccccc1NC(=O)N1CCc2cn(C)c3cccc(c23)C1. The maximum Gasteiger partial charge on any atom is 0.340 e. The molecule has 0 radical (unpaired) electrons. The van der Waals surface area contributed by atoms with E-state index in [-0.39, 0.29) is 12.6 Å². The minimum Gasteiger partial charge on any atom is -0.462 e. The molecule has 4 rings (SSSR count). The van der Waals surface area contributed by atoms with Crippen molar-refractivity contribution in [2.24, 2.45) is 7.05 Å². The lowest BCUT2D eigenvalue weighted by Crippen LogP contribution is -2.35. The molecule has 6 nitrogen and oxygen atoms in total. The molecule has 0 fully saturated rings. The van der Waals surface area contributed by atoms with Gasteiger partial charge in [0.05, 0.1) is 17.9 Å². The Kier molecular flexibility index (Phi) is 4.77. The predicted molar refractivity (Wildman–Crippen MR) is 108 cm³/mol. The van der Waals surface area contributed by atoms with E-state index in [1.807, 2.05) is 13.1 Å².